The number of nitrogens with one attached hydrogen (secondary N) is 1. The van der Waals surface area contributed by atoms with Crippen molar-refractivity contribution in [2.24, 2.45) is 0 Å². The number of rotatable bonds is 16. The summed E-state index contributed by atoms with van der Waals surface area (Å²) in [5, 5.41) is 2.88. The molecule has 0 aliphatic carbocycles. The average molecular weight is 708 g/mol. The molecule has 0 bridgehead atoms. The first-order valence-electron chi connectivity index (χ1n) is 15.8. The smallest absolute Gasteiger partial charge is 0.265 e. The minimum absolute atomic E-state index is 0.00734. The van der Waals surface area contributed by atoms with E-state index in [1.165, 1.54) is 81.9 Å². The molecule has 0 aromatic heterocycles. The Morgan fingerprint density at radius 2 is 1.42 bits per heavy atom. The van der Waals surface area contributed by atoms with Gasteiger partial charge in [0.15, 0.2) is 11.5 Å². The average Bonchev–Trinajstić information content (AvgIpc) is 3.12. The summed E-state index contributed by atoms with van der Waals surface area (Å²) < 4.78 is 66.9. The highest BCUT2D eigenvalue weighted by Crippen LogP contribution is 2.38. The van der Waals surface area contributed by atoms with Crippen LogP contribution in [0.25, 0.3) is 0 Å². The van der Waals surface area contributed by atoms with Gasteiger partial charge in [-0.25, -0.2) is 12.8 Å². The van der Waals surface area contributed by atoms with Crippen LogP contribution in [0.2, 0.25) is 0 Å². The van der Waals surface area contributed by atoms with E-state index in [2.05, 4.69) is 5.32 Å². The summed E-state index contributed by atoms with van der Waals surface area (Å²) in [5.74, 6) is -0.985. The molecule has 1 atom stereocenters. The van der Waals surface area contributed by atoms with Crippen LogP contribution in [-0.2, 0) is 32.6 Å². The molecule has 0 unspecified atom stereocenters. The molecule has 0 aliphatic rings. The molecule has 4 aromatic carbocycles. The lowest BCUT2D eigenvalue weighted by atomic mass is 10.0. The molecular formula is C37H42FN3O8S. The van der Waals surface area contributed by atoms with Crippen LogP contribution in [-0.4, -0.2) is 72.2 Å². The molecule has 0 spiro atoms. The van der Waals surface area contributed by atoms with E-state index in [1.807, 2.05) is 30.3 Å². The van der Waals surface area contributed by atoms with Crippen LogP contribution < -0.4 is 28.6 Å². The maximum Gasteiger partial charge on any atom is 0.265 e. The van der Waals surface area contributed by atoms with E-state index in [-0.39, 0.29) is 46.7 Å². The largest absolute Gasteiger partial charge is 0.497 e. The van der Waals surface area contributed by atoms with Gasteiger partial charge in [0.05, 0.1) is 39.0 Å². The lowest BCUT2D eigenvalue weighted by Crippen LogP contribution is -2.54. The lowest BCUT2D eigenvalue weighted by Gasteiger charge is -2.34. The van der Waals surface area contributed by atoms with Crippen molar-refractivity contribution in [3.8, 4) is 23.0 Å². The van der Waals surface area contributed by atoms with Crippen molar-refractivity contribution in [2.75, 3.05) is 39.3 Å². The summed E-state index contributed by atoms with van der Waals surface area (Å²) in [4.78, 5) is 29.6. The number of methoxy groups -OCH3 is 4. The van der Waals surface area contributed by atoms with Crippen LogP contribution in [0.3, 0.4) is 0 Å². The van der Waals surface area contributed by atoms with E-state index >= 15 is 4.39 Å². The molecule has 1 N–H and O–H groups in total. The molecule has 50 heavy (non-hydrogen) atoms. The number of carbonyl (C=O) groups excluding carboxylic acids is 2. The number of hydrogen-bond acceptors (Lipinski definition) is 8. The van der Waals surface area contributed by atoms with Gasteiger partial charge in [0.2, 0.25) is 11.8 Å². The van der Waals surface area contributed by atoms with Gasteiger partial charge in [-0.05, 0) is 49.7 Å². The Kier molecular flexibility index (Phi) is 12.7. The maximum absolute atomic E-state index is 15.2. The van der Waals surface area contributed by atoms with Crippen molar-refractivity contribution < 1.29 is 41.3 Å². The van der Waals surface area contributed by atoms with Gasteiger partial charge in [-0.2, -0.15) is 0 Å². The Morgan fingerprint density at radius 1 is 0.780 bits per heavy atom. The number of carbonyl (C=O) groups is 2. The Bertz CT molecular complexity index is 1890. The number of halogens is 1. The third kappa shape index (κ3) is 8.83. The molecule has 0 saturated heterocycles. The lowest BCUT2D eigenvalue weighted by molar-refractivity contribution is -0.140. The molecular weight excluding hydrogens is 665 g/mol. The Hall–Kier alpha value is -5.30. The van der Waals surface area contributed by atoms with E-state index in [4.69, 9.17) is 18.9 Å². The van der Waals surface area contributed by atoms with Crippen molar-refractivity contribution in [1.29, 1.82) is 0 Å². The fraction of sp³-hybridized carbons (Fsp3) is 0.297. The molecule has 0 heterocycles. The van der Waals surface area contributed by atoms with Gasteiger partial charge >= 0.3 is 0 Å². The number of sulfonamides is 1. The standard InChI is InChI=1S/C37H42FN3O8S/c1-25(2)39-37(43)32(20-26-12-8-7-9-13-26)40(23-27-14-10-11-15-30(27)38)36(42)24-41(31-21-28(46-3)16-18-33(31)47-4)50(44,45)29-17-19-34(48-5)35(22-29)49-6/h7-19,21-22,25,32H,20,23-24H2,1-6H3,(H,39,43)/t32-/m1/s1. The normalized spacial score (nSPS) is 11.8. The van der Waals surface area contributed by atoms with Crippen LogP contribution in [0.15, 0.2) is 95.9 Å². The second-order valence-electron chi connectivity index (χ2n) is 11.5. The van der Waals surface area contributed by atoms with Crippen molar-refractivity contribution in [3.05, 3.63) is 108 Å². The number of hydrogen-bond donors (Lipinski definition) is 1. The summed E-state index contributed by atoms with van der Waals surface area (Å²) in [7, 11) is 1.01. The van der Waals surface area contributed by atoms with E-state index in [1.54, 1.807) is 26.0 Å². The Balaban J connectivity index is 1.91. The molecule has 13 heteroatoms. The summed E-state index contributed by atoms with van der Waals surface area (Å²) in [6.45, 7) is 2.45. The van der Waals surface area contributed by atoms with Crippen molar-refractivity contribution in [3.63, 3.8) is 0 Å². The molecule has 0 fully saturated rings. The summed E-state index contributed by atoms with van der Waals surface area (Å²) in [6, 6.07) is 22.1. The summed E-state index contributed by atoms with van der Waals surface area (Å²) in [6.07, 6.45) is 0.0739. The minimum atomic E-state index is -4.56. The van der Waals surface area contributed by atoms with Crippen molar-refractivity contribution in [2.45, 2.75) is 43.8 Å². The van der Waals surface area contributed by atoms with E-state index in [0.29, 0.717) is 11.5 Å². The zero-order valence-electron chi connectivity index (χ0n) is 28.9. The van der Waals surface area contributed by atoms with Crippen molar-refractivity contribution >= 4 is 27.5 Å². The van der Waals surface area contributed by atoms with E-state index in [9.17, 15) is 18.0 Å². The number of amides is 2. The predicted octanol–water partition coefficient (Wildman–Crippen LogP) is 5.22. The van der Waals surface area contributed by atoms with E-state index < -0.39 is 40.2 Å². The van der Waals surface area contributed by atoms with E-state index in [0.717, 1.165) is 9.87 Å². The number of ether oxygens (including phenoxy) is 4. The highest BCUT2D eigenvalue weighted by atomic mass is 32.2. The Morgan fingerprint density at radius 3 is 2.04 bits per heavy atom. The first kappa shape index (κ1) is 37.5. The van der Waals surface area contributed by atoms with Crippen LogP contribution in [0.4, 0.5) is 10.1 Å². The second-order valence-corrected chi connectivity index (χ2v) is 13.4. The molecule has 0 aliphatic heterocycles. The van der Waals surface area contributed by atoms with Gasteiger partial charge in [0, 0.05) is 36.7 Å². The van der Waals surface area contributed by atoms with Crippen LogP contribution in [0, 0.1) is 5.82 Å². The molecule has 4 aromatic rings. The third-order valence-electron chi connectivity index (χ3n) is 7.88. The van der Waals surface area contributed by atoms with Crippen LogP contribution in [0.5, 0.6) is 23.0 Å². The van der Waals surface area contributed by atoms with Gasteiger partial charge in [0.1, 0.15) is 29.9 Å². The zero-order chi connectivity index (χ0) is 36.4. The topological polar surface area (TPSA) is 124 Å². The fourth-order valence-corrected chi connectivity index (χ4v) is 6.79. The predicted molar refractivity (Wildman–Crippen MR) is 188 cm³/mol. The maximum atomic E-state index is 15.2. The molecule has 11 nitrogen and oxygen atoms in total. The molecule has 0 saturated carbocycles. The summed E-state index contributed by atoms with van der Waals surface area (Å²) in [5.41, 5.74) is 0.878. The molecule has 2 amide bonds. The first-order chi connectivity index (χ1) is 23.9. The number of benzene rings is 4. The number of nitrogens with zero attached hydrogens (tertiary/aromatic N) is 2. The summed E-state index contributed by atoms with van der Waals surface area (Å²) >= 11 is 0. The van der Waals surface area contributed by atoms with Crippen LogP contribution in [0.1, 0.15) is 25.0 Å². The third-order valence-corrected chi connectivity index (χ3v) is 9.63. The zero-order valence-corrected chi connectivity index (χ0v) is 29.7. The SMILES string of the molecule is COc1ccc(OC)c(N(CC(=O)N(Cc2ccccc2F)[C@H](Cc2ccccc2)C(=O)NC(C)C)S(=O)(=O)c2ccc(OC)c(OC)c2)c1. The first-order valence-corrected chi connectivity index (χ1v) is 17.2. The van der Waals surface area contributed by atoms with Gasteiger partial charge in [-0.1, -0.05) is 48.5 Å². The molecule has 266 valence electrons. The monoisotopic (exact) mass is 707 g/mol. The van der Waals surface area contributed by atoms with Crippen LogP contribution >= 0.6 is 0 Å². The second kappa shape index (κ2) is 16.9. The fourth-order valence-electron chi connectivity index (χ4n) is 5.35. The Labute approximate surface area is 292 Å². The highest BCUT2D eigenvalue weighted by molar-refractivity contribution is 7.92. The quantitative estimate of drug-likeness (QED) is 0.168. The van der Waals surface area contributed by atoms with Gasteiger partial charge in [0.25, 0.3) is 10.0 Å². The molecule has 0 radical (unpaired) electrons. The number of anilines is 1. The minimum Gasteiger partial charge on any atom is -0.497 e. The molecule has 4 rings (SSSR count). The van der Waals surface area contributed by atoms with Crippen molar-refractivity contribution in [1.82, 2.24) is 10.2 Å². The van der Waals surface area contributed by atoms with Gasteiger partial charge in [-0.15, -0.1) is 0 Å². The highest BCUT2D eigenvalue weighted by Gasteiger charge is 2.36. The van der Waals surface area contributed by atoms with Gasteiger partial charge in [-0.3, -0.25) is 13.9 Å². The van der Waals surface area contributed by atoms with Gasteiger partial charge < -0.3 is 29.2 Å².